The lowest BCUT2D eigenvalue weighted by molar-refractivity contribution is -0.111. The molecule has 1 aliphatic carbocycles. The molecular weight excluding hydrogens is 202 g/mol. The topological polar surface area (TPSA) is 97.2 Å². The summed E-state index contributed by atoms with van der Waals surface area (Å²) < 4.78 is 0. The summed E-state index contributed by atoms with van der Waals surface area (Å²) in [5, 5.41) is 28.3. The van der Waals surface area contributed by atoms with E-state index in [1.807, 2.05) is 0 Å². The van der Waals surface area contributed by atoms with E-state index < -0.39 is 0 Å². The zero-order chi connectivity index (χ0) is 10.3. The van der Waals surface area contributed by atoms with Crippen molar-refractivity contribution in [3.05, 3.63) is 11.1 Å². The number of rotatable bonds is 0. The Labute approximate surface area is 83.3 Å². The van der Waals surface area contributed by atoms with Crippen LogP contribution < -0.4 is 0 Å². The van der Waals surface area contributed by atoms with Crippen LogP contribution in [0, 0.1) is 22.7 Å². The molecule has 2 unspecified atom stereocenters. The Morgan fingerprint density at radius 3 is 2.57 bits per heavy atom. The zero-order valence-corrected chi connectivity index (χ0v) is 7.58. The highest BCUT2D eigenvalue weighted by atomic mass is 32.2. The van der Waals surface area contributed by atoms with Crippen molar-refractivity contribution in [2.45, 2.75) is 10.5 Å². The smallest absolute Gasteiger partial charge is 0.199 e. The second-order valence-electron chi connectivity index (χ2n) is 2.80. The van der Waals surface area contributed by atoms with Crippen molar-refractivity contribution in [1.29, 1.82) is 10.5 Å². The summed E-state index contributed by atoms with van der Waals surface area (Å²) in [5.74, 6) is -0.291. The number of Topliss-reactive ketones (excluding diaryl/α,β-unsaturated/α-hetero) is 1. The van der Waals surface area contributed by atoms with Crippen molar-refractivity contribution in [1.82, 2.24) is 0 Å². The first-order valence-electron chi connectivity index (χ1n) is 3.71. The fourth-order valence-electron chi connectivity index (χ4n) is 1.44. The third kappa shape index (κ3) is 0.949. The van der Waals surface area contributed by atoms with E-state index in [1.54, 1.807) is 12.1 Å². The third-order valence-electron chi connectivity index (χ3n) is 2.12. The average Bonchev–Trinajstić information content (AvgIpc) is 2.92. The highest BCUT2D eigenvalue weighted by Crippen LogP contribution is 2.53. The lowest BCUT2D eigenvalue weighted by atomic mass is 10.1. The number of hydrogen-bond acceptors (Lipinski definition) is 6. The van der Waals surface area contributed by atoms with E-state index in [-0.39, 0.29) is 33.1 Å². The van der Waals surface area contributed by atoms with Crippen LogP contribution in [0.1, 0.15) is 0 Å². The molecule has 1 saturated heterocycles. The van der Waals surface area contributed by atoms with E-state index in [4.69, 9.17) is 15.7 Å². The van der Waals surface area contributed by atoms with Crippen LogP contribution in [0.4, 0.5) is 0 Å². The van der Waals surface area contributed by atoms with Gasteiger partial charge < -0.3 is 5.21 Å². The number of allylic oxidation sites excluding steroid dienone is 1. The molecule has 2 aliphatic rings. The summed E-state index contributed by atoms with van der Waals surface area (Å²) in [6.07, 6.45) is 0. The Balaban J connectivity index is 2.58. The molecule has 0 spiro atoms. The number of carbonyl (C=O) groups is 1. The van der Waals surface area contributed by atoms with Crippen molar-refractivity contribution < 1.29 is 10.0 Å². The van der Waals surface area contributed by atoms with Crippen molar-refractivity contribution in [2.75, 3.05) is 0 Å². The van der Waals surface area contributed by atoms with Gasteiger partial charge in [0, 0.05) is 5.57 Å². The fourth-order valence-corrected chi connectivity index (χ4v) is 2.53. The van der Waals surface area contributed by atoms with Gasteiger partial charge in [0.25, 0.3) is 0 Å². The SMILES string of the molecule is N#CC(C#N)=C1/C(=N/O)C(=O)C2SC12. The van der Waals surface area contributed by atoms with Crippen molar-refractivity contribution in [3.8, 4) is 12.1 Å². The molecule has 0 amide bonds. The number of nitrogens with zero attached hydrogens (tertiary/aromatic N) is 3. The summed E-state index contributed by atoms with van der Waals surface area (Å²) in [7, 11) is 0. The molecule has 1 heterocycles. The van der Waals surface area contributed by atoms with E-state index in [2.05, 4.69) is 5.16 Å². The van der Waals surface area contributed by atoms with Crippen LogP contribution in [0.3, 0.4) is 0 Å². The standard InChI is InChI=1S/C8H3N3O2S/c9-1-3(2-10)4-5(11-13)6(12)8-7(4)14-8/h7-8,13H/b11-5-. The molecule has 1 saturated carbocycles. The van der Waals surface area contributed by atoms with Gasteiger partial charge in [-0.1, -0.05) is 5.16 Å². The maximum absolute atomic E-state index is 11.4. The molecule has 5 nitrogen and oxygen atoms in total. The number of nitriles is 2. The molecule has 2 fully saturated rings. The molecular formula is C8H3N3O2S. The van der Waals surface area contributed by atoms with E-state index in [0.29, 0.717) is 0 Å². The van der Waals surface area contributed by atoms with Crippen LogP contribution in [0.5, 0.6) is 0 Å². The average molecular weight is 205 g/mol. The van der Waals surface area contributed by atoms with E-state index in [9.17, 15) is 4.79 Å². The van der Waals surface area contributed by atoms with Crippen LogP contribution in [0.25, 0.3) is 0 Å². The van der Waals surface area contributed by atoms with Gasteiger partial charge in [-0.05, 0) is 0 Å². The van der Waals surface area contributed by atoms with Gasteiger partial charge in [-0.2, -0.15) is 10.5 Å². The van der Waals surface area contributed by atoms with Crippen molar-refractivity contribution >= 4 is 23.3 Å². The van der Waals surface area contributed by atoms with Crippen LogP contribution in [0.15, 0.2) is 16.3 Å². The van der Waals surface area contributed by atoms with Crippen LogP contribution in [0.2, 0.25) is 0 Å². The molecule has 0 bridgehead atoms. The summed E-state index contributed by atoms with van der Waals surface area (Å²) in [6.45, 7) is 0. The molecule has 1 N–H and O–H groups in total. The second kappa shape index (κ2) is 2.86. The maximum Gasteiger partial charge on any atom is 0.199 e. The Bertz CT molecular complexity index is 450. The largest absolute Gasteiger partial charge is 0.410 e. The van der Waals surface area contributed by atoms with Gasteiger partial charge in [-0.25, -0.2) is 0 Å². The van der Waals surface area contributed by atoms with Gasteiger partial charge in [-0.15, -0.1) is 11.8 Å². The normalized spacial score (nSPS) is 30.9. The lowest BCUT2D eigenvalue weighted by Gasteiger charge is -1.98. The molecule has 14 heavy (non-hydrogen) atoms. The number of fused-ring (bicyclic) bond motifs is 1. The lowest BCUT2D eigenvalue weighted by Crippen LogP contribution is -2.13. The van der Waals surface area contributed by atoms with Gasteiger partial charge in [0.1, 0.15) is 17.7 Å². The maximum atomic E-state index is 11.4. The van der Waals surface area contributed by atoms with Crippen LogP contribution in [-0.2, 0) is 4.79 Å². The molecule has 0 aromatic carbocycles. The Morgan fingerprint density at radius 2 is 2.07 bits per heavy atom. The van der Waals surface area contributed by atoms with Crippen molar-refractivity contribution in [3.63, 3.8) is 0 Å². The molecule has 1 aliphatic heterocycles. The summed E-state index contributed by atoms with van der Waals surface area (Å²) in [6, 6.07) is 3.39. The third-order valence-corrected chi connectivity index (χ3v) is 3.38. The summed E-state index contributed by atoms with van der Waals surface area (Å²) in [4.78, 5) is 11.4. The predicted molar refractivity (Wildman–Crippen MR) is 47.6 cm³/mol. The fraction of sp³-hybridized carbons (Fsp3) is 0.250. The monoisotopic (exact) mass is 205 g/mol. The number of carbonyl (C=O) groups excluding carboxylic acids is 1. The zero-order valence-electron chi connectivity index (χ0n) is 6.76. The minimum atomic E-state index is -0.291. The quantitative estimate of drug-likeness (QED) is 0.264. The molecule has 0 aromatic heterocycles. The molecule has 2 atom stereocenters. The van der Waals surface area contributed by atoms with Crippen LogP contribution >= 0.6 is 11.8 Å². The predicted octanol–water partition coefficient (Wildman–Crippen LogP) is 0.227. The molecule has 2 rings (SSSR count). The van der Waals surface area contributed by atoms with Gasteiger partial charge >= 0.3 is 0 Å². The van der Waals surface area contributed by atoms with E-state index in [0.717, 1.165) is 0 Å². The van der Waals surface area contributed by atoms with Crippen molar-refractivity contribution in [2.24, 2.45) is 5.16 Å². The number of oxime groups is 1. The Morgan fingerprint density at radius 1 is 1.43 bits per heavy atom. The van der Waals surface area contributed by atoms with Crippen LogP contribution in [-0.4, -0.2) is 27.2 Å². The van der Waals surface area contributed by atoms with E-state index in [1.165, 1.54) is 11.8 Å². The second-order valence-corrected chi connectivity index (χ2v) is 4.09. The highest BCUT2D eigenvalue weighted by molar-refractivity contribution is 8.09. The van der Waals surface area contributed by atoms with Gasteiger partial charge in [0.05, 0.1) is 10.5 Å². The first kappa shape index (κ1) is 8.79. The Hall–Kier alpha value is -1.79. The van der Waals surface area contributed by atoms with Gasteiger partial charge in [0.15, 0.2) is 11.5 Å². The number of thioether (sulfide) groups is 1. The minimum Gasteiger partial charge on any atom is -0.410 e. The molecule has 0 aromatic rings. The summed E-state index contributed by atoms with van der Waals surface area (Å²) in [5.41, 5.74) is 0.0259. The first-order valence-corrected chi connectivity index (χ1v) is 4.65. The molecule has 6 heteroatoms. The van der Waals surface area contributed by atoms with Gasteiger partial charge in [0.2, 0.25) is 0 Å². The van der Waals surface area contributed by atoms with Gasteiger partial charge in [-0.3, -0.25) is 4.79 Å². The highest BCUT2D eigenvalue weighted by Gasteiger charge is 2.58. The number of ketones is 1. The molecule has 68 valence electrons. The number of hydrogen-bond donors (Lipinski definition) is 1. The minimum absolute atomic E-state index is 0.128. The van der Waals surface area contributed by atoms with E-state index >= 15 is 0 Å². The Kier molecular flexibility index (Phi) is 1.80. The molecule has 0 radical (unpaired) electrons. The summed E-state index contributed by atoms with van der Waals surface area (Å²) >= 11 is 1.37. The first-order chi connectivity index (χ1) is 6.74.